The summed E-state index contributed by atoms with van der Waals surface area (Å²) in [5, 5.41) is 10.6. The zero-order valence-electron chi connectivity index (χ0n) is 6.03. The maximum absolute atomic E-state index is 12.2. The highest BCUT2D eigenvalue weighted by atomic mass is 19.3. The molecular formula is C6H13F2NO. The molecule has 0 aromatic heterocycles. The lowest BCUT2D eigenvalue weighted by molar-refractivity contribution is -0.0473. The van der Waals surface area contributed by atoms with Crippen molar-refractivity contribution in [2.45, 2.75) is 19.3 Å². The van der Waals surface area contributed by atoms with Gasteiger partial charge in [0.25, 0.3) is 5.92 Å². The molecule has 0 aliphatic heterocycles. The highest BCUT2D eigenvalue weighted by Gasteiger charge is 2.26. The van der Waals surface area contributed by atoms with E-state index in [-0.39, 0.29) is 0 Å². The molecule has 2 nitrogen and oxygen atoms in total. The fraction of sp³-hybridized carbons (Fsp3) is 1.00. The van der Waals surface area contributed by atoms with Crippen molar-refractivity contribution in [3.63, 3.8) is 0 Å². The second-order valence-corrected chi connectivity index (χ2v) is 2.19. The van der Waals surface area contributed by atoms with Gasteiger partial charge in [-0.05, 0) is 13.0 Å². The van der Waals surface area contributed by atoms with Crippen LogP contribution in [0.2, 0.25) is 0 Å². The minimum absolute atomic E-state index is 0.433. The molecule has 2 N–H and O–H groups in total. The van der Waals surface area contributed by atoms with Crippen LogP contribution in [-0.2, 0) is 0 Å². The molecule has 4 heteroatoms. The van der Waals surface area contributed by atoms with Gasteiger partial charge in [0.2, 0.25) is 0 Å². The second-order valence-electron chi connectivity index (χ2n) is 2.19. The van der Waals surface area contributed by atoms with E-state index in [9.17, 15) is 8.78 Å². The molecule has 0 aromatic carbocycles. The van der Waals surface area contributed by atoms with Gasteiger partial charge in [0, 0.05) is 0 Å². The zero-order valence-corrected chi connectivity index (χ0v) is 6.03. The van der Waals surface area contributed by atoms with Gasteiger partial charge in [0.15, 0.2) is 0 Å². The Kier molecular flexibility index (Phi) is 4.47. The third-order valence-electron chi connectivity index (χ3n) is 1.04. The van der Waals surface area contributed by atoms with Crippen molar-refractivity contribution < 1.29 is 13.9 Å². The fourth-order valence-electron chi connectivity index (χ4n) is 0.504. The highest BCUT2D eigenvalue weighted by Crippen LogP contribution is 2.09. The van der Waals surface area contributed by atoms with E-state index in [1.54, 1.807) is 0 Å². The van der Waals surface area contributed by atoms with Crippen LogP contribution >= 0.6 is 0 Å². The fourth-order valence-corrected chi connectivity index (χ4v) is 0.504. The van der Waals surface area contributed by atoms with Gasteiger partial charge in [-0.3, -0.25) is 0 Å². The smallest absolute Gasteiger partial charge is 0.282 e. The number of rotatable bonds is 5. The Morgan fingerprint density at radius 3 is 2.50 bits per heavy atom. The monoisotopic (exact) mass is 153 g/mol. The van der Waals surface area contributed by atoms with Gasteiger partial charge < -0.3 is 10.4 Å². The average Bonchev–Trinajstić information content (AvgIpc) is 1.89. The van der Waals surface area contributed by atoms with Gasteiger partial charge in [-0.25, -0.2) is 8.78 Å². The van der Waals surface area contributed by atoms with Gasteiger partial charge >= 0.3 is 0 Å². The summed E-state index contributed by atoms with van der Waals surface area (Å²) < 4.78 is 24.3. The lowest BCUT2D eigenvalue weighted by Crippen LogP contribution is -2.36. The van der Waals surface area contributed by atoms with Crippen molar-refractivity contribution in [1.29, 1.82) is 0 Å². The van der Waals surface area contributed by atoms with Gasteiger partial charge in [-0.2, -0.15) is 0 Å². The molecule has 0 aliphatic rings. The Morgan fingerprint density at radius 1 is 1.50 bits per heavy atom. The molecule has 0 amide bonds. The summed E-state index contributed by atoms with van der Waals surface area (Å²) >= 11 is 0. The second kappa shape index (κ2) is 4.57. The van der Waals surface area contributed by atoms with E-state index in [1.165, 1.54) is 0 Å². The summed E-state index contributed by atoms with van der Waals surface area (Å²) in [6.07, 6.45) is 0.821. The number of hydrogen-bond donors (Lipinski definition) is 2. The van der Waals surface area contributed by atoms with Crippen LogP contribution in [0.15, 0.2) is 0 Å². The standard InChI is InChI=1S/C6H13F2NO/c1-2-3-9-4-6(7,8)5-10/h9-10H,2-5H2,1H3. The summed E-state index contributed by atoms with van der Waals surface area (Å²) in [5.41, 5.74) is 0. The Labute approximate surface area is 59.2 Å². The molecule has 0 radical (unpaired) electrons. The van der Waals surface area contributed by atoms with E-state index in [1.807, 2.05) is 6.92 Å². The Morgan fingerprint density at radius 2 is 2.10 bits per heavy atom. The van der Waals surface area contributed by atoms with Crippen LogP contribution in [0.4, 0.5) is 8.78 Å². The van der Waals surface area contributed by atoms with Crippen molar-refractivity contribution in [3.05, 3.63) is 0 Å². The van der Waals surface area contributed by atoms with E-state index in [2.05, 4.69) is 5.32 Å². The SMILES string of the molecule is CCCNCC(F)(F)CO. The number of aliphatic hydroxyl groups is 1. The molecule has 0 atom stereocenters. The van der Waals surface area contributed by atoms with E-state index in [4.69, 9.17) is 5.11 Å². The summed E-state index contributed by atoms with van der Waals surface area (Å²) in [6.45, 7) is 0.945. The van der Waals surface area contributed by atoms with Crippen LogP contribution in [0.5, 0.6) is 0 Å². The maximum Gasteiger partial charge on any atom is 0.282 e. The van der Waals surface area contributed by atoms with E-state index >= 15 is 0 Å². The van der Waals surface area contributed by atoms with Crippen molar-refractivity contribution in [2.75, 3.05) is 19.7 Å². The van der Waals surface area contributed by atoms with Crippen LogP contribution in [0.3, 0.4) is 0 Å². The van der Waals surface area contributed by atoms with Crippen LogP contribution < -0.4 is 5.32 Å². The maximum atomic E-state index is 12.2. The first-order valence-electron chi connectivity index (χ1n) is 3.32. The normalized spacial score (nSPS) is 12.0. The average molecular weight is 153 g/mol. The Bertz CT molecular complexity index is 87.8. The largest absolute Gasteiger partial charge is 0.390 e. The van der Waals surface area contributed by atoms with Crippen molar-refractivity contribution >= 4 is 0 Å². The van der Waals surface area contributed by atoms with E-state index in [0.717, 1.165) is 6.42 Å². The summed E-state index contributed by atoms with van der Waals surface area (Å²) in [7, 11) is 0. The molecule has 0 rings (SSSR count). The summed E-state index contributed by atoms with van der Waals surface area (Å²) in [4.78, 5) is 0. The van der Waals surface area contributed by atoms with Gasteiger partial charge in [0.1, 0.15) is 6.61 Å². The van der Waals surface area contributed by atoms with Crippen LogP contribution in [0, 0.1) is 0 Å². The van der Waals surface area contributed by atoms with Gasteiger partial charge in [-0.1, -0.05) is 6.92 Å². The van der Waals surface area contributed by atoms with Crippen LogP contribution in [-0.4, -0.2) is 30.7 Å². The highest BCUT2D eigenvalue weighted by molar-refractivity contribution is 4.66. The number of nitrogens with one attached hydrogen (secondary N) is 1. The predicted octanol–water partition coefficient (Wildman–Crippen LogP) is 0.614. The molecule has 62 valence electrons. The number of hydrogen-bond acceptors (Lipinski definition) is 2. The third-order valence-corrected chi connectivity index (χ3v) is 1.04. The first-order valence-corrected chi connectivity index (χ1v) is 3.32. The summed E-state index contributed by atoms with van der Waals surface area (Å²) in [5.74, 6) is -2.96. The van der Waals surface area contributed by atoms with E-state index in [0.29, 0.717) is 6.54 Å². The first-order chi connectivity index (χ1) is 4.62. The van der Waals surface area contributed by atoms with Crippen molar-refractivity contribution in [3.8, 4) is 0 Å². The molecule has 0 aliphatic carbocycles. The molecule has 0 saturated carbocycles. The van der Waals surface area contributed by atoms with Gasteiger partial charge in [0.05, 0.1) is 6.54 Å². The number of alkyl halides is 2. The Hall–Kier alpha value is -0.220. The number of halogens is 2. The quantitative estimate of drug-likeness (QED) is 0.567. The molecule has 0 fully saturated rings. The minimum Gasteiger partial charge on any atom is -0.390 e. The van der Waals surface area contributed by atoms with Gasteiger partial charge in [-0.15, -0.1) is 0 Å². The lowest BCUT2D eigenvalue weighted by atomic mass is 10.3. The molecule has 0 unspecified atom stereocenters. The molecule has 0 heterocycles. The predicted molar refractivity (Wildman–Crippen MR) is 35.2 cm³/mol. The molecule has 0 spiro atoms. The van der Waals surface area contributed by atoms with Crippen molar-refractivity contribution in [2.24, 2.45) is 0 Å². The molecule has 0 saturated heterocycles. The first kappa shape index (κ1) is 9.78. The molecule has 0 bridgehead atoms. The third kappa shape index (κ3) is 4.64. The molecular weight excluding hydrogens is 140 g/mol. The van der Waals surface area contributed by atoms with Crippen LogP contribution in [0.1, 0.15) is 13.3 Å². The van der Waals surface area contributed by atoms with Crippen LogP contribution in [0.25, 0.3) is 0 Å². The minimum atomic E-state index is -2.96. The van der Waals surface area contributed by atoms with E-state index < -0.39 is 19.1 Å². The number of aliphatic hydroxyl groups excluding tert-OH is 1. The topological polar surface area (TPSA) is 32.3 Å². The molecule has 10 heavy (non-hydrogen) atoms. The zero-order chi connectivity index (χ0) is 8.04. The molecule has 0 aromatic rings. The summed E-state index contributed by atoms with van der Waals surface area (Å²) in [6, 6.07) is 0. The Balaban J connectivity index is 3.28. The lowest BCUT2D eigenvalue weighted by Gasteiger charge is -2.12. The van der Waals surface area contributed by atoms with Crippen molar-refractivity contribution in [1.82, 2.24) is 5.32 Å².